The third-order valence-corrected chi connectivity index (χ3v) is 3.09. The first-order valence-corrected chi connectivity index (χ1v) is 5.95. The van der Waals surface area contributed by atoms with Gasteiger partial charge in [0.15, 0.2) is 0 Å². The number of aliphatic hydroxyl groups excluding tert-OH is 1. The van der Waals surface area contributed by atoms with Crippen LogP contribution in [0.3, 0.4) is 0 Å². The zero-order chi connectivity index (χ0) is 13.1. The molecule has 96 valence electrons. The standard InChI is InChI=1S/C13H16N2O3/c1-9(4-3-7-16)15-8-14-12-10(13(17)18)5-2-6-11(12)15/h2,5-6,8-9,16H,3-4,7H2,1H3,(H,17,18). The predicted octanol–water partition coefficient (Wildman–Crippen LogP) is 2.07. The normalized spacial score (nSPS) is 12.8. The van der Waals surface area contributed by atoms with Crippen molar-refractivity contribution in [1.29, 1.82) is 0 Å². The lowest BCUT2D eigenvalue weighted by atomic mass is 10.1. The summed E-state index contributed by atoms with van der Waals surface area (Å²) < 4.78 is 1.96. The number of carbonyl (C=O) groups is 1. The highest BCUT2D eigenvalue weighted by atomic mass is 16.4. The number of hydrogen-bond acceptors (Lipinski definition) is 3. The fourth-order valence-corrected chi connectivity index (χ4v) is 2.11. The molecule has 0 amide bonds. The van der Waals surface area contributed by atoms with Crippen LogP contribution >= 0.6 is 0 Å². The zero-order valence-corrected chi connectivity index (χ0v) is 10.2. The number of para-hydroxylation sites is 1. The summed E-state index contributed by atoms with van der Waals surface area (Å²) in [4.78, 5) is 15.3. The molecule has 1 heterocycles. The lowest BCUT2D eigenvalue weighted by Crippen LogP contribution is -2.05. The highest BCUT2D eigenvalue weighted by Gasteiger charge is 2.14. The Morgan fingerprint density at radius 3 is 2.94 bits per heavy atom. The third kappa shape index (κ3) is 2.22. The third-order valence-electron chi connectivity index (χ3n) is 3.09. The van der Waals surface area contributed by atoms with Crippen LogP contribution in [0, 0.1) is 0 Å². The van der Waals surface area contributed by atoms with E-state index < -0.39 is 5.97 Å². The smallest absolute Gasteiger partial charge is 0.337 e. The quantitative estimate of drug-likeness (QED) is 0.849. The van der Waals surface area contributed by atoms with E-state index in [0.29, 0.717) is 5.52 Å². The molecule has 0 aliphatic carbocycles. The highest BCUT2D eigenvalue weighted by molar-refractivity contribution is 6.00. The largest absolute Gasteiger partial charge is 0.478 e. The van der Waals surface area contributed by atoms with Crippen molar-refractivity contribution >= 4 is 17.0 Å². The fraction of sp³-hybridized carbons (Fsp3) is 0.385. The van der Waals surface area contributed by atoms with Gasteiger partial charge >= 0.3 is 5.97 Å². The van der Waals surface area contributed by atoms with Gasteiger partial charge in [-0.05, 0) is 31.9 Å². The van der Waals surface area contributed by atoms with Crippen LogP contribution in [0.25, 0.3) is 11.0 Å². The Bertz CT molecular complexity index is 562. The molecular formula is C13H16N2O3. The molecule has 0 bridgehead atoms. The van der Waals surface area contributed by atoms with Crippen LogP contribution in [0.5, 0.6) is 0 Å². The van der Waals surface area contributed by atoms with Crippen LogP contribution < -0.4 is 0 Å². The number of rotatable bonds is 5. The van der Waals surface area contributed by atoms with Gasteiger partial charge < -0.3 is 14.8 Å². The van der Waals surface area contributed by atoms with Gasteiger partial charge in [-0.25, -0.2) is 9.78 Å². The second-order valence-corrected chi connectivity index (χ2v) is 4.35. The van der Waals surface area contributed by atoms with Crippen LogP contribution in [0.15, 0.2) is 24.5 Å². The van der Waals surface area contributed by atoms with Crippen molar-refractivity contribution in [3.63, 3.8) is 0 Å². The number of carboxylic acids is 1. The SMILES string of the molecule is CC(CCCO)n1cnc2c(C(=O)O)cccc21. The summed E-state index contributed by atoms with van der Waals surface area (Å²) in [6, 6.07) is 5.33. The Balaban J connectivity index is 2.42. The first-order chi connectivity index (χ1) is 8.65. The molecule has 0 aliphatic heterocycles. The average Bonchev–Trinajstić information content (AvgIpc) is 2.79. The van der Waals surface area contributed by atoms with Gasteiger partial charge in [-0.2, -0.15) is 0 Å². The van der Waals surface area contributed by atoms with Crippen molar-refractivity contribution in [3.05, 3.63) is 30.1 Å². The molecule has 5 nitrogen and oxygen atoms in total. The van der Waals surface area contributed by atoms with Crippen LogP contribution in [0.2, 0.25) is 0 Å². The molecule has 0 saturated heterocycles. The molecule has 18 heavy (non-hydrogen) atoms. The van der Waals surface area contributed by atoms with E-state index >= 15 is 0 Å². The molecule has 1 aromatic heterocycles. The van der Waals surface area contributed by atoms with Gasteiger partial charge in [-0.1, -0.05) is 6.07 Å². The minimum absolute atomic E-state index is 0.164. The van der Waals surface area contributed by atoms with E-state index in [2.05, 4.69) is 4.98 Å². The van der Waals surface area contributed by atoms with Crippen LogP contribution in [0.1, 0.15) is 36.2 Å². The van der Waals surface area contributed by atoms with Gasteiger partial charge in [0.2, 0.25) is 0 Å². The van der Waals surface area contributed by atoms with Crippen molar-refractivity contribution in [2.45, 2.75) is 25.8 Å². The van der Waals surface area contributed by atoms with E-state index in [9.17, 15) is 4.79 Å². The molecule has 0 spiro atoms. The molecular weight excluding hydrogens is 232 g/mol. The Labute approximate surface area is 105 Å². The molecule has 0 radical (unpaired) electrons. The van der Waals surface area contributed by atoms with Crippen LogP contribution in [0.4, 0.5) is 0 Å². The molecule has 2 aromatic rings. The van der Waals surface area contributed by atoms with Crippen molar-refractivity contribution in [2.75, 3.05) is 6.61 Å². The first-order valence-electron chi connectivity index (χ1n) is 5.95. The van der Waals surface area contributed by atoms with Gasteiger partial charge in [0.05, 0.1) is 17.4 Å². The van der Waals surface area contributed by atoms with E-state index in [4.69, 9.17) is 10.2 Å². The second-order valence-electron chi connectivity index (χ2n) is 4.35. The molecule has 0 saturated carbocycles. The van der Waals surface area contributed by atoms with Crippen molar-refractivity contribution < 1.29 is 15.0 Å². The monoisotopic (exact) mass is 248 g/mol. The molecule has 5 heteroatoms. The maximum Gasteiger partial charge on any atom is 0.337 e. The van der Waals surface area contributed by atoms with Crippen molar-refractivity contribution in [2.24, 2.45) is 0 Å². The minimum atomic E-state index is -0.964. The Morgan fingerprint density at radius 2 is 2.28 bits per heavy atom. The molecule has 1 unspecified atom stereocenters. The molecule has 0 fully saturated rings. The fourth-order valence-electron chi connectivity index (χ4n) is 2.11. The number of fused-ring (bicyclic) bond motifs is 1. The summed E-state index contributed by atoms with van der Waals surface area (Å²) in [5, 5.41) is 17.9. The number of aromatic nitrogens is 2. The summed E-state index contributed by atoms with van der Waals surface area (Å²) in [7, 11) is 0. The Morgan fingerprint density at radius 1 is 1.50 bits per heavy atom. The number of aromatic carboxylic acids is 1. The maximum atomic E-state index is 11.1. The van der Waals surface area contributed by atoms with E-state index in [1.807, 2.05) is 17.6 Å². The topological polar surface area (TPSA) is 75.3 Å². The Hall–Kier alpha value is -1.88. The number of aliphatic hydroxyl groups is 1. The summed E-state index contributed by atoms with van der Waals surface area (Å²) in [6.45, 7) is 2.20. The molecule has 1 atom stereocenters. The first kappa shape index (κ1) is 12.6. The van der Waals surface area contributed by atoms with E-state index in [1.165, 1.54) is 0 Å². The van der Waals surface area contributed by atoms with E-state index in [0.717, 1.165) is 18.4 Å². The van der Waals surface area contributed by atoms with Gasteiger partial charge in [0, 0.05) is 12.6 Å². The highest BCUT2D eigenvalue weighted by Crippen LogP contribution is 2.23. The maximum absolute atomic E-state index is 11.1. The van der Waals surface area contributed by atoms with E-state index in [-0.39, 0.29) is 18.2 Å². The van der Waals surface area contributed by atoms with Crippen molar-refractivity contribution in [1.82, 2.24) is 9.55 Å². The van der Waals surface area contributed by atoms with Gasteiger partial charge in [-0.3, -0.25) is 0 Å². The Kier molecular flexibility index (Phi) is 3.62. The number of hydrogen-bond donors (Lipinski definition) is 2. The summed E-state index contributed by atoms with van der Waals surface area (Å²) in [5.41, 5.74) is 1.56. The lowest BCUT2D eigenvalue weighted by molar-refractivity contribution is 0.0699. The predicted molar refractivity (Wildman–Crippen MR) is 67.7 cm³/mol. The summed E-state index contributed by atoms with van der Waals surface area (Å²) in [6.07, 6.45) is 3.22. The van der Waals surface area contributed by atoms with Gasteiger partial charge in [0.25, 0.3) is 0 Å². The molecule has 2 N–H and O–H groups in total. The van der Waals surface area contributed by atoms with Gasteiger partial charge in [-0.15, -0.1) is 0 Å². The average molecular weight is 248 g/mol. The lowest BCUT2D eigenvalue weighted by Gasteiger charge is -2.13. The zero-order valence-electron chi connectivity index (χ0n) is 10.2. The minimum Gasteiger partial charge on any atom is -0.478 e. The number of imidazole rings is 1. The molecule has 2 rings (SSSR count). The summed E-state index contributed by atoms with van der Waals surface area (Å²) in [5.74, 6) is -0.964. The van der Waals surface area contributed by atoms with Crippen LogP contribution in [-0.2, 0) is 0 Å². The van der Waals surface area contributed by atoms with Gasteiger partial charge in [0.1, 0.15) is 5.52 Å². The second kappa shape index (κ2) is 5.18. The number of carboxylic acid groups (broad SMARTS) is 1. The molecule has 0 aliphatic rings. The number of nitrogens with zero attached hydrogens (tertiary/aromatic N) is 2. The van der Waals surface area contributed by atoms with Crippen molar-refractivity contribution in [3.8, 4) is 0 Å². The van der Waals surface area contributed by atoms with E-state index in [1.54, 1.807) is 18.5 Å². The number of benzene rings is 1. The summed E-state index contributed by atoms with van der Waals surface area (Å²) >= 11 is 0. The van der Waals surface area contributed by atoms with Crippen LogP contribution in [-0.4, -0.2) is 32.3 Å². The molecule has 1 aromatic carbocycles.